The summed E-state index contributed by atoms with van der Waals surface area (Å²) in [4.78, 5) is 41.2. The summed E-state index contributed by atoms with van der Waals surface area (Å²) in [5.74, 6) is -1.10. The van der Waals surface area contributed by atoms with Crippen molar-refractivity contribution in [2.75, 3.05) is 7.05 Å². The molecular formula is C17H15BrN2O3S. The lowest BCUT2D eigenvalue weighted by molar-refractivity contribution is -0.134. The lowest BCUT2D eigenvalue weighted by Crippen LogP contribution is -2.48. The monoisotopic (exact) mass is 406 g/mol. The fourth-order valence-electron chi connectivity index (χ4n) is 2.74. The number of thiophene rings is 1. The summed E-state index contributed by atoms with van der Waals surface area (Å²) in [5, 5.41) is 0. The minimum atomic E-state index is -0.842. The van der Waals surface area contributed by atoms with Crippen LogP contribution in [0.15, 0.2) is 40.2 Å². The minimum Gasteiger partial charge on any atom is -0.339 e. The summed E-state index contributed by atoms with van der Waals surface area (Å²) in [6.45, 7) is 2.02. The molecule has 1 atom stereocenters. The number of amides is 3. The third kappa shape index (κ3) is 2.89. The fraction of sp³-hybridized carbons (Fsp3) is 0.235. The molecule has 0 saturated carbocycles. The maximum Gasteiger partial charge on any atom is 0.262 e. The van der Waals surface area contributed by atoms with Gasteiger partial charge in [-0.1, -0.05) is 12.1 Å². The van der Waals surface area contributed by atoms with Gasteiger partial charge in [0.25, 0.3) is 11.8 Å². The Labute approximate surface area is 152 Å². The Hall–Kier alpha value is -1.99. The molecule has 5 nitrogen and oxygen atoms in total. The van der Waals surface area contributed by atoms with Gasteiger partial charge in [0.05, 0.1) is 21.5 Å². The van der Waals surface area contributed by atoms with Gasteiger partial charge in [-0.2, -0.15) is 0 Å². The number of nitrogens with zero attached hydrogens (tertiary/aromatic N) is 2. The number of hydrogen-bond donors (Lipinski definition) is 0. The third-order valence-corrected chi connectivity index (χ3v) is 5.58. The van der Waals surface area contributed by atoms with E-state index >= 15 is 0 Å². The Morgan fingerprint density at radius 3 is 2.25 bits per heavy atom. The van der Waals surface area contributed by atoms with Crippen molar-refractivity contribution < 1.29 is 14.4 Å². The first-order chi connectivity index (χ1) is 11.4. The summed E-state index contributed by atoms with van der Waals surface area (Å²) in [6.07, 6.45) is 0. The Morgan fingerprint density at radius 2 is 1.75 bits per heavy atom. The average molecular weight is 407 g/mol. The van der Waals surface area contributed by atoms with Gasteiger partial charge in [0, 0.05) is 11.9 Å². The van der Waals surface area contributed by atoms with Crippen molar-refractivity contribution in [1.29, 1.82) is 0 Å². The second-order valence-corrected chi connectivity index (χ2v) is 8.15. The van der Waals surface area contributed by atoms with Gasteiger partial charge in [-0.25, -0.2) is 0 Å². The zero-order chi connectivity index (χ0) is 17.4. The molecule has 1 aliphatic heterocycles. The van der Waals surface area contributed by atoms with Crippen molar-refractivity contribution in [2.24, 2.45) is 0 Å². The van der Waals surface area contributed by atoms with Gasteiger partial charge in [0.15, 0.2) is 0 Å². The van der Waals surface area contributed by atoms with Crippen LogP contribution in [0.25, 0.3) is 0 Å². The van der Waals surface area contributed by atoms with Crippen LogP contribution < -0.4 is 0 Å². The van der Waals surface area contributed by atoms with Gasteiger partial charge >= 0.3 is 0 Å². The van der Waals surface area contributed by atoms with Crippen LogP contribution in [-0.2, 0) is 11.3 Å². The van der Waals surface area contributed by atoms with Crippen molar-refractivity contribution in [3.8, 4) is 0 Å². The third-order valence-electron chi connectivity index (χ3n) is 3.97. The molecule has 3 rings (SSSR count). The number of imide groups is 1. The van der Waals surface area contributed by atoms with Gasteiger partial charge in [-0.15, -0.1) is 11.3 Å². The molecule has 3 amide bonds. The molecule has 2 aromatic rings. The molecule has 7 heteroatoms. The molecule has 0 radical (unpaired) electrons. The van der Waals surface area contributed by atoms with Crippen LogP contribution in [0.3, 0.4) is 0 Å². The lowest BCUT2D eigenvalue weighted by atomic mass is 10.1. The molecular weight excluding hydrogens is 392 g/mol. The van der Waals surface area contributed by atoms with Crippen molar-refractivity contribution in [3.05, 3.63) is 56.2 Å². The van der Waals surface area contributed by atoms with Crippen molar-refractivity contribution in [1.82, 2.24) is 9.80 Å². The van der Waals surface area contributed by atoms with Gasteiger partial charge in [-0.3, -0.25) is 19.3 Å². The van der Waals surface area contributed by atoms with E-state index < -0.39 is 17.9 Å². The van der Waals surface area contributed by atoms with Crippen molar-refractivity contribution in [2.45, 2.75) is 19.5 Å². The van der Waals surface area contributed by atoms with Crippen molar-refractivity contribution >= 4 is 45.0 Å². The highest BCUT2D eigenvalue weighted by atomic mass is 79.9. The molecule has 0 fully saturated rings. The first-order valence-electron chi connectivity index (χ1n) is 7.36. The molecule has 0 bridgehead atoms. The highest BCUT2D eigenvalue weighted by Gasteiger charge is 2.41. The predicted molar refractivity (Wildman–Crippen MR) is 94.9 cm³/mol. The number of rotatable bonds is 4. The molecule has 0 saturated heterocycles. The number of hydrogen-bond acceptors (Lipinski definition) is 4. The molecule has 1 aliphatic rings. The van der Waals surface area contributed by atoms with E-state index in [4.69, 9.17) is 0 Å². The molecule has 1 unspecified atom stereocenters. The summed E-state index contributed by atoms with van der Waals surface area (Å²) in [7, 11) is 1.67. The topological polar surface area (TPSA) is 57.7 Å². The standard InChI is InChI=1S/C17H15BrN2O3S/c1-10(15(21)19(2)9-11-7-8-14(18)24-11)20-16(22)12-5-3-4-6-13(12)17(20)23/h3-8,10H,9H2,1-2H3. The van der Waals surface area contributed by atoms with E-state index in [1.807, 2.05) is 12.1 Å². The number of likely N-dealkylation sites (N-methyl/N-ethyl adjacent to an activating group) is 1. The van der Waals surface area contributed by atoms with E-state index in [0.29, 0.717) is 17.7 Å². The molecule has 124 valence electrons. The Kier molecular flexibility index (Phi) is 4.56. The smallest absolute Gasteiger partial charge is 0.262 e. The van der Waals surface area contributed by atoms with Crippen LogP contribution in [-0.4, -0.2) is 40.6 Å². The zero-order valence-electron chi connectivity index (χ0n) is 13.2. The summed E-state index contributed by atoms with van der Waals surface area (Å²) in [5.41, 5.74) is 0.707. The van der Waals surface area contributed by atoms with E-state index in [1.165, 1.54) is 4.90 Å². The lowest BCUT2D eigenvalue weighted by Gasteiger charge is -2.26. The first-order valence-corrected chi connectivity index (χ1v) is 8.97. The fourth-order valence-corrected chi connectivity index (χ4v) is 4.27. The maximum absolute atomic E-state index is 12.7. The van der Waals surface area contributed by atoms with E-state index in [9.17, 15) is 14.4 Å². The van der Waals surface area contributed by atoms with Crippen molar-refractivity contribution in [3.63, 3.8) is 0 Å². The largest absolute Gasteiger partial charge is 0.339 e. The molecule has 0 aliphatic carbocycles. The van der Waals surface area contributed by atoms with E-state index in [-0.39, 0.29) is 5.91 Å². The van der Waals surface area contributed by atoms with Crippen LogP contribution in [0, 0.1) is 0 Å². The molecule has 24 heavy (non-hydrogen) atoms. The highest BCUT2D eigenvalue weighted by Crippen LogP contribution is 2.26. The number of carbonyl (C=O) groups is 3. The van der Waals surface area contributed by atoms with E-state index in [1.54, 1.807) is 49.6 Å². The number of fused-ring (bicyclic) bond motifs is 1. The quantitative estimate of drug-likeness (QED) is 0.732. The van der Waals surface area contributed by atoms with Crippen LogP contribution in [0.1, 0.15) is 32.5 Å². The zero-order valence-corrected chi connectivity index (χ0v) is 15.6. The predicted octanol–water partition coefficient (Wildman–Crippen LogP) is 3.15. The Balaban J connectivity index is 1.76. The van der Waals surface area contributed by atoms with Crippen LogP contribution in [0.4, 0.5) is 0 Å². The van der Waals surface area contributed by atoms with Crippen LogP contribution in [0.2, 0.25) is 0 Å². The molecule has 1 aromatic heterocycles. The first kappa shape index (κ1) is 16.9. The highest BCUT2D eigenvalue weighted by molar-refractivity contribution is 9.11. The number of benzene rings is 1. The number of halogens is 1. The maximum atomic E-state index is 12.7. The Morgan fingerprint density at radius 1 is 1.17 bits per heavy atom. The van der Waals surface area contributed by atoms with Crippen LogP contribution in [0.5, 0.6) is 0 Å². The summed E-state index contributed by atoms with van der Waals surface area (Å²) < 4.78 is 0.992. The SMILES string of the molecule is CC(C(=O)N(C)Cc1ccc(Br)s1)N1C(=O)c2ccccc2C1=O. The van der Waals surface area contributed by atoms with Crippen LogP contribution >= 0.6 is 27.3 Å². The second kappa shape index (κ2) is 6.49. The molecule has 2 heterocycles. The van der Waals surface area contributed by atoms with Gasteiger partial charge in [0.1, 0.15) is 6.04 Å². The summed E-state index contributed by atoms with van der Waals surface area (Å²) >= 11 is 4.94. The molecule has 0 spiro atoms. The van der Waals surface area contributed by atoms with Gasteiger partial charge in [0.2, 0.25) is 5.91 Å². The Bertz CT molecular complexity index is 798. The van der Waals surface area contributed by atoms with E-state index in [2.05, 4.69) is 15.9 Å². The summed E-state index contributed by atoms with van der Waals surface area (Å²) in [6, 6.07) is 9.66. The number of carbonyl (C=O) groups excluding carboxylic acids is 3. The van der Waals surface area contributed by atoms with Gasteiger partial charge < -0.3 is 4.90 Å². The molecule has 1 aromatic carbocycles. The van der Waals surface area contributed by atoms with E-state index in [0.717, 1.165) is 13.6 Å². The van der Waals surface area contributed by atoms with Gasteiger partial charge in [-0.05, 0) is 47.1 Å². The minimum absolute atomic E-state index is 0.269. The second-order valence-electron chi connectivity index (χ2n) is 5.60. The normalized spacial score (nSPS) is 14.7. The molecule has 0 N–H and O–H groups in total. The average Bonchev–Trinajstić information content (AvgIpc) is 3.08.